The first-order chi connectivity index (χ1) is 6.74. The van der Waals surface area contributed by atoms with Crippen molar-refractivity contribution in [3.63, 3.8) is 0 Å². The van der Waals surface area contributed by atoms with Crippen molar-refractivity contribution in [1.82, 2.24) is 9.78 Å². The molecular formula is C11H20N2O. The van der Waals surface area contributed by atoms with Gasteiger partial charge in [-0.15, -0.1) is 0 Å². The van der Waals surface area contributed by atoms with Crippen molar-refractivity contribution < 1.29 is 5.11 Å². The average molecular weight is 196 g/mol. The maximum Gasteiger partial charge on any atom is 0.0984 e. The van der Waals surface area contributed by atoms with Crippen LogP contribution in [0.3, 0.4) is 0 Å². The van der Waals surface area contributed by atoms with Gasteiger partial charge in [0.1, 0.15) is 0 Å². The highest BCUT2D eigenvalue weighted by Gasteiger charge is 2.20. The van der Waals surface area contributed by atoms with Crippen molar-refractivity contribution >= 4 is 0 Å². The lowest BCUT2D eigenvalue weighted by atomic mass is 9.94. The lowest BCUT2D eigenvalue weighted by Crippen LogP contribution is -2.15. The van der Waals surface area contributed by atoms with Gasteiger partial charge in [0.15, 0.2) is 0 Å². The van der Waals surface area contributed by atoms with Crippen LogP contribution in [0, 0.1) is 5.92 Å². The molecule has 3 nitrogen and oxygen atoms in total. The molecule has 1 N–H and O–H groups in total. The maximum atomic E-state index is 10.1. The molecule has 0 spiro atoms. The van der Waals surface area contributed by atoms with Crippen LogP contribution in [0.5, 0.6) is 0 Å². The molecule has 1 unspecified atom stereocenters. The Bertz CT molecular complexity index is 266. The van der Waals surface area contributed by atoms with Crippen molar-refractivity contribution in [1.29, 1.82) is 0 Å². The second-order valence-electron chi connectivity index (χ2n) is 3.59. The van der Waals surface area contributed by atoms with Gasteiger partial charge in [-0.2, -0.15) is 5.10 Å². The standard InChI is InChI=1S/C11H20N2O/c1-4-9(5-2)11(14)10-7-8-12-13(10)6-3/h7-9,11,14H,4-6H2,1-3H3. The van der Waals surface area contributed by atoms with Crippen LogP contribution in [0.15, 0.2) is 12.3 Å². The molecule has 0 aliphatic carbocycles. The van der Waals surface area contributed by atoms with E-state index >= 15 is 0 Å². The minimum atomic E-state index is -0.368. The predicted molar refractivity (Wildman–Crippen MR) is 56.9 cm³/mol. The molecular weight excluding hydrogens is 176 g/mol. The predicted octanol–water partition coefficient (Wildman–Crippen LogP) is 2.37. The first-order valence-electron chi connectivity index (χ1n) is 5.44. The first-order valence-corrected chi connectivity index (χ1v) is 5.44. The minimum Gasteiger partial charge on any atom is -0.387 e. The zero-order valence-corrected chi connectivity index (χ0v) is 9.27. The van der Waals surface area contributed by atoms with Crippen molar-refractivity contribution in [2.45, 2.75) is 46.3 Å². The van der Waals surface area contributed by atoms with Crippen molar-refractivity contribution in [2.24, 2.45) is 5.92 Å². The molecule has 0 saturated carbocycles. The van der Waals surface area contributed by atoms with Gasteiger partial charge in [-0.1, -0.05) is 26.7 Å². The summed E-state index contributed by atoms with van der Waals surface area (Å²) in [6.45, 7) is 7.09. The van der Waals surface area contributed by atoms with Gasteiger partial charge >= 0.3 is 0 Å². The van der Waals surface area contributed by atoms with E-state index in [2.05, 4.69) is 18.9 Å². The molecule has 1 aromatic rings. The highest BCUT2D eigenvalue weighted by Crippen LogP contribution is 2.26. The van der Waals surface area contributed by atoms with Crippen molar-refractivity contribution in [3.05, 3.63) is 18.0 Å². The zero-order valence-electron chi connectivity index (χ0n) is 9.27. The Morgan fingerprint density at radius 3 is 2.50 bits per heavy atom. The largest absolute Gasteiger partial charge is 0.387 e. The average Bonchev–Trinajstić information content (AvgIpc) is 2.67. The molecule has 0 saturated heterocycles. The molecule has 0 aliphatic rings. The molecule has 0 fully saturated rings. The van der Waals surface area contributed by atoms with E-state index in [4.69, 9.17) is 0 Å². The van der Waals surface area contributed by atoms with E-state index in [0.717, 1.165) is 25.1 Å². The van der Waals surface area contributed by atoms with E-state index in [1.54, 1.807) is 6.20 Å². The smallest absolute Gasteiger partial charge is 0.0984 e. The van der Waals surface area contributed by atoms with Gasteiger partial charge in [0.25, 0.3) is 0 Å². The molecule has 0 aliphatic heterocycles. The van der Waals surface area contributed by atoms with E-state index in [-0.39, 0.29) is 6.10 Å². The highest BCUT2D eigenvalue weighted by molar-refractivity contribution is 5.05. The Hall–Kier alpha value is -0.830. The van der Waals surface area contributed by atoms with E-state index < -0.39 is 0 Å². The Kier molecular flexibility index (Phi) is 4.14. The molecule has 1 atom stereocenters. The van der Waals surface area contributed by atoms with E-state index in [1.807, 2.05) is 17.7 Å². The number of hydrogen-bond donors (Lipinski definition) is 1. The third-order valence-electron chi connectivity index (χ3n) is 2.85. The Morgan fingerprint density at radius 1 is 1.36 bits per heavy atom. The van der Waals surface area contributed by atoms with E-state index in [9.17, 15) is 5.11 Å². The second-order valence-corrected chi connectivity index (χ2v) is 3.59. The fourth-order valence-corrected chi connectivity index (χ4v) is 1.84. The van der Waals surface area contributed by atoms with Crippen LogP contribution in [0.25, 0.3) is 0 Å². The number of nitrogens with zero attached hydrogens (tertiary/aromatic N) is 2. The Balaban J connectivity index is 2.81. The Labute approximate surface area is 85.8 Å². The lowest BCUT2D eigenvalue weighted by molar-refractivity contribution is 0.0943. The van der Waals surface area contributed by atoms with Crippen LogP contribution >= 0.6 is 0 Å². The van der Waals surface area contributed by atoms with E-state index in [0.29, 0.717) is 5.92 Å². The quantitative estimate of drug-likeness (QED) is 0.785. The molecule has 1 heterocycles. The third kappa shape index (κ3) is 2.15. The summed E-state index contributed by atoms with van der Waals surface area (Å²) in [6, 6.07) is 1.91. The summed E-state index contributed by atoms with van der Waals surface area (Å²) < 4.78 is 1.86. The maximum absolute atomic E-state index is 10.1. The summed E-state index contributed by atoms with van der Waals surface area (Å²) in [4.78, 5) is 0. The van der Waals surface area contributed by atoms with Crippen LogP contribution in [-0.2, 0) is 6.54 Å². The molecule has 14 heavy (non-hydrogen) atoms. The lowest BCUT2D eigenvalue weighted by Gasteiger charge is -2.20. The topological polar surface area (TPSA) is 38.1 Å². The molecule has 1 rings (SSSR count). The summed E-state index contributed by atoms with van der Waals surface area (Å²) >= 11 is 0. The molecule has 0 amide bonds. The fraction of sp³-hybridized carbons (Fsp3) is 0.727. The van der Waals surface area contributed by atoms with E-state index in [1.165, 1.54) is 0 Å². The van der Waals surface area contributed by atoms with Crippen LogP contribution in [0.1, 0.15) is 45.4 Å². The fourth-order valence-electron chi connectivity index (χ4n) is 1.84. The molecule has 3 heteroatoms. The summed E-state index contributed by atoms with van der Waals surface area (Å²) in [6.07, 6.45) is 3.40. The number of aromatic nitrogens is 2. The van der Waals surface area contributed by atoms with Crippen LogP contribution < -0.4 is 0 Å². The summed E-state index contributed by atoms with van der Waals surface area (Å²) in [5.41, 5.74) is 0.946. The SMILES string of the molecule is CCC(CC)C(O)c1ccnn1CC. The summed E-state index contributed by atoms with van der Waals surface area (Å²) in [5, 5.41) is 14.3. The monoisotopic (exact) mass is 196 g/mol. The van der Waals surface area contributed by atoms with Crippen molar-refractivity contribution in [3.8, 4) is 0 Å². The van der Waals surface area contributed by atoms with Crippen LogP contribution in [0.4, 0.5) is 0 Å². The number of hydrogen-bond acceptors (Lipinski definition) is 2. The highest BCUT2D eigenvalue weighted by atomic mass is 16.3. The van der Waals surface area contributed by atoms with Gasteiger partial charge in [0.2, 0.25) is 0 Å². The Morgan fingerprint density at radius 2 is 2.00 bits per heavy atom. The van der Waals surface area contributed by atoms with Crippen molar-refractivity contribution in [2.75, 3.05) is 0 Å². The van der Waals surface area contributed by atoms with Crippen LogP contribution in [0.2, 0.25) is 0 Å². The molecule has 0 aromatic carbocycles. The van der Waals surface area contributed by atoms with Crippen LogP contribution in [-0.4, -0.2) is 14.9 Å². The molecule has 0 radical (unpaired) electrons. The third-order valence-corrected chi connectivity index (χ3v) is 2.85. The number of aliphatic hydroxyl groups is 1. The molecule has 0 bridgehead atoms. The number of aliphatic hydroxyl groups excluding tert-OH is 1. The van der Waals surface area contributed by atoms with Gasteiger partial charge < -0.3 is 5.11 Å². The number of rotatable bonds is 5. The molecule has 80 valence electrons. The zero-order chi connectivity index (χ0) is 10.6. The first kappa shape index (κ1) is 11.2. The van der Waals surface area contributed by atoms with Gasteiger partial charge in [0.05, 0.1) is 11.8 Å². The number of aryl methyl sites for hydroxylation is 1. The second kappa shape index (κ2) is 5.15. The van der Waals surface area contributed by atoms with Gasteiger partial charge in [-0.25, -0.2) is 0 Å². The summed E-state index contributed by atoms with van der Waals surface area (Å²) in [5.74, 6) is 0.344. The summed E-state index contributed by atoms with van der Waals surface area (Å²) in [7, 11) is 0. The minimum absolute atomic E-state index is 0.344. The normalized spacial score (nSPS) is 13.5. The molecule has 1 aromatic heterocycles. The van der Waals surface area contributed by atoms with Gasteiger partial charge in [0, 0.05) is 12.7 Å². The van der Waals surface area contributed by atoms with Gasteiger partial charge in [-0.3, -0.25) is 4.68 Å². The van der Waals surface area contributed by atoms with Gasteiger partial charge in [-0.05, 0) is 18.9 Å².